The summed E-state index contributed by atoms with van der Waals surface area (Å²) in [5.41, 5.74) is 2.92. The van der Waals surface area contributed by atoms with Crippen molar-refractivity contribution in [1.82, 2.24) is 10.2 Å². The van der Waals surface area contributed by atoms with E-state index < -0.39 is 23.3 Å². The zero-order chi connectivity index (χ0) is 21.5. The lowest BCUT2D eigenvalue weighted by atomic mass is 9.74. The van der Waals surface area contributed by atoms with Gasteiger partial charge in [0.2, 0.25) is 11.8 Å². The minimum Gasteiger partial charge on any atom is -0.373 e. The lowest BCUT2D eigenvalue weighted by Gasteiger charge is -2.46. The second kappa shape index (κ2) is 7.59. The van der Waals surface area contributed by atoms with E-state index in [4.69, 9.17) is 0 Å². The molecule has 6 heteroatoms. The molecule has 1 N–H and O–H groups in total. The maximum Gasteiger partial charge on any atom is 0.331 e. The molecule has 0 radical (unpaired) electrons. The molecule has 6 nitrogen and oxygen atoms in total. The number of barbiturate groups is 1. The Morgan fingerprint density at radius 3 is 2.57 bits per heavy atom. The van der Waals surface area contributed by atoms with Crippen LogP contribution in [0.5, 0.6) is 0 Å². The van der Waals surface area contributed by atoms with Crippen molar-refractivity contribution in [3.8, 4) is 0 Å². The Hall–Kier alpha value is -3.15. The van der Waals surface area contributed by atoms with E-state index in [0.717, 1.165) is 28.8 Å². The van der Waals surface area contributed by atoms with Gasteiger partial charge in [0.05, 0.1) is 0 Å². The molecule has 2 heterocycles. The van der Waals surface area contributed by atoms with E-state index in [-0.39, 0.29) is 12.6 Å². The van der Waals surface area contributed by atoms with Gasteiger partial charge in [0, 0.05) is 25.3 Å². The third kappa shape index (κ3) is 3.36. The van der Waals surface area contributed by atoms with Crippen molar-refractivity contribution in [2.24, 2.45) is 5.41 Å². The molecule has 2 aliphatic rings. The molecule has 2 aromatic carbocycles. The van der Waals surface area contributed by atoms with Gasteiger partial charge in [0.25, 0.3) is 0 Å². The Kier molecular flexibility index (Phi) is 5.10. The van der Waals surface area contributed by atoms with Crippen LogP contribution in [-0.2, 0) is 22.4 Å². The molecule has 0 aliphatic carbocycles. The maximum atomic E-state index is 13.6. The van der Waals surface area contributed by atoms with Crippen LogP contribution in [0.2, 0.25) is 0 Å². The normalized spacial score (nSPS) is 22.2. The number of carbonyl (C=O) groups excluding carboxylic acids is 3. The molecule has 156 valence electrons. The number of urea groups is 1. The quantitative estimate of drug-likeness (QED) is 0.794. The average molecular weight is 405 g/mol. The number of aryl methyl sites for hydroxylation is 2. The first kappa shape index (κ1) is 20.1. The van der Waals surface area contributed by atoms with Crippen molar-refractivity contribution in [1.29, 1.82) is 0 Å². The molecular weight excluding hydrogens is 378 g/mol. The molecule has 1 fully saturated rings. The fourth-order valence-corrected chi connectivity index (χ4v) is 4.64. The summed E-state index contributed by atoms with van der Waals surface area (Å²) in [5.74, 6) is -0.890. The topological polar surface area (TPSA) is 69.7 Å². The van der Waals surface area contributed by atoms with Crippen molar-refractivity contribution < 1.29 is 14.4 Å². The molecule has 0 aromatic heterocycles. The van der Waals surface area contributed by atoms with Crippen molar-refractivity contribution >= 4 is 23.5 Å². The lowest BCUT2D eigenvalue weighted by Crippen LogP contribution is -2.69. The summed E-state index contributed by atoms with van der Waals surface area (Å²) in [6, 6.07) is 15.1. The van der Waals surface area contributed by atoms with Crippen LogP contribution in [0.1, 0.15) is 30.0 Å². The van der Waals surface area contributed by atoms with E-state index in [1.54, 1.807) is 0 Å². The molecule has 1 saturated heterocycles. The Morgan fingerprint density at radius 1 is 1.10 bits per heavy atom. The Balaban J connectivity index is 1.61. The van der Waals surface area contributed by atoms with Gasteiger partial charge in [-0.1, -0.05) is 48.0 Å². The highest BCUT2D eigenvalue weighted by atomic mass is 16.2. The minimum atomic E-state index is -1.29. The number of fused-ring (bicyclic) bond motifs is 1. The average Bonchev–Trinajstić information content (AvgIpc) is 2.71. The standard InChI is InChI=1S/C24H27N3O3/c1-16-9-12-20-19(13-16)14-24(15-26(20)3)21(28)25-23(30)27(22(24)29)17(2)10-11-18-7-5-4-6-8-18/h4-9,12-13,17H,10-11,14-15H2,1-3H3,(H,25,28,30)/t17-,24-/m1/s1. The summed E-state index contributed by atoms with van der Waals surface area (Å²) in [5, 5.41) is 2.47. The fraction of sp³-hybridized carbons (Fsp3) is 0.375. The number of nitrogens with zero attached hydrogens (tertiary/aromatic N) is 2. The van der Waals surface area contributed by atoms with Gasteiger partial charge in [-0.25, -0.2) is 4.79 Å². The highest BCUT2D eigenvalue weighted by Crippen LogP contribution is 2.40. The van der Waals surface area contributed by atoms with Gasteiger partial charge in [-0.15, -0.1) is 0 Å². The van der Waals surface area contributed by atoms with Crippen LogP contribution in [-0.4, -0.2) is 42.4 Å². The SMILES string of the molecule is Cc1ccc2c(c1)C[C@@]1(CN2C)C(=O)NC(=O)N([C@H](C)CCc2ccccc2)C1=O. The molecule has 0 bridgehead atoms. The number of rotatable bonds is 4. The number of hydrogen-bond acceptors (Lipinski definition) is 4. The molecule has 4 amide bonds. The van der Waals surface area contributed by atoms with Crippen LogP contribution in [0.3, 0.4) is 0 Å². The minimum absolute atomic E-state index is 0.253. The predicted octanol–water partition coefficient (Wildman–Crippen LogP) is 3.07. The van der Waals surface area contributed by atoms with Crippen LogP contribution in [0.15, 0.2) is 48.5 Å². The monoisotopic (exact) mass is 405 g/mol. The van der Waals surface area contributed by atoms with Gasteiger partial charge < -0.3 is 4.90 Å². The number of nitrogens with one attached hydrogen (secondary N) is 1. The molecule has 4 rings (SSSR count). The lowest BCUT2D eigenvalue weighted by molar-refractivity contribution is -0.152. The highest BCUT2D eigenvalue weighted by molar-refractivity contribution is 6.20. The van der Waals surface area contributed by atoms with Gasteiger partial charge in [-0.3, -0.25) is 19.8 Å². The molecule has 1 spiro atoms. The van der Waals surface area contributed by atoms with E-state index in [2.05, 4.69) is 5.32 Å². The van der Waals surface area contributed by atoms with E-state index >= 15 is 0 Å². The summed E-state index contributed by atoms with van der Waals surface area (Å²) in [6.07, 6.45) is 1.69. The van der Waals surface area contributed by atoms with E-state index in [0.29, 0.717) is 12.8 Å². The summed E-state index contributed by atoms with van der Waals surface area (Å²) in [7, 11) is 1.88. The van der Waals surface area contributed by atoms with Gasteiger partial charge in [-0.2, -0.15) is 0 Å². The largest absolute Gasteiger partial charge is 0.373 e. The molecule has 2 aliphatic heterocycles. The second-order valence-electron chi connectivity index (χ2n) is 8.55. The van der Waals surface area contributed by atoms with Crippen LogP contribution >= 0.6 is 0 Å². The fourth-order valence-electron chi connectivity index (χ4n) is 4.64. The number of hydrogen-bond donors (Lipinski definition) is 1. The zero-order valence-electron chi connectivity index (χ0n) is 17.6. The molecular formula is C24H27N3O3. The van der Waals surface area contributed by atoms with Gasteiger partial charge >= 0.3 is 6.03 Å². The summed E-state index contributed by atoms with van der Waals surface area (Å²) < 4.78 is 0. The maximum absolute atomic E-state index is 13.6. The first-order valence-corrected chi connectivity index (χ1v) is 10.4. The van der Waals surface area contributed by atoms with Gasteiger partial charge in [0.1, 0.15) is 5.41 Å². The molecule has 2 aromatic rings. The van der Waals surface area contributed by atoms with Crippen LogP contribution < -0.4 is 10.2 Å². The summed E-state index contributed by atoms with van der Waals surface area (Å²) >= 11 is 0. The van der Waals surface area contributed by atoms with E-state index in [1.165, 1.54) is 4.90 Å². The van der Waals surface area contributed by atoms with Crippen molar-refractivity contribution in [2.75, 3.05) is 18.5 Å². The number of amides is 4. The molecule has 0 unspecified atom stereocenters. The van der Waals surface area contributed by atoms with Crippen LogP contribution in [0.4, 0.5) is 10.5 Å². The first-order chi connectivity index (χ1) is 14.3. The third-order valence-corrected chi connectivity index (χ3v) is 6.28. The Bertz CT molecular complexity index is 1000. The second-order valence-corrected chi connectivity index (χ2v) is 8.55. The van der Waals surface area contributed by atoms with E-state index in [9.17, 15) is 14.4 Å². The Labute approximate surface area is 176 Å². The smallest absolute Gasteiger partial charge is 0.331 e. The summed E-state index contributed by atoms with van der Waals surface area (Å²) in [6.45, 7) is 4.11. The van der Waals surface area contributed by atoms with Gasteiger partial charge in [0.15, 0.2) is 0 Å². The number of carbonyl (C=O) groups is 3. The molecule has 30 heavy (non-hydrogen) atoms. The number of benzene rings is 2. The van der Waals surface area contributed by atoms with Crippen molar-refractivity contribution in [2.45, 2.75) is 39.2 Å². The molecule has 0 saturated carbocycles. The van der Waals surface area contributed by atoms with Gasteiger partial charge in [-0.05, 0) is 50.3 Å². The van der Waals surface area contributed by atoms with E-state index in [1.807, 2.05) is 74.3 Å². The number of anilines is 1. The van der Waals surface area contributed by atoms with Crippen molar-refractivity contribution in [3.05, 3.63) is 65.2 Å². The van der Waals surface area contributed by atoms with Crippen LogP contribution in [0, 0.1) is 12.3 Å². The zero-order valence-corrected chi connectivity index (χ0v) is 17.6. The Morgan fingerprint density at radius 2 is 1.83 bits per heavy atom. The third-order valence-electron chi connectivity index (χ3n) is 6.28. The summed E-state index contributed by atoms with van der Waals surface area (Å²) in [4.78, 5) is 42.4. The van der Waals surface area contributed by atoms with Crippen LogP contribution in [0.25, 0.3) is 0 Å². The van der Waals surface area contributed by atoms with Crippen molar-refractivity contribution in [3.63, 3.8) is 0 Å². The predicted molar refractivity (Wildman–Crippen MR) is 115 cm³/mol. The highest BCUT2D eigenvalue weighted by Gasteiger charge is 2.57. The number of imide groups is 2. The molecule has 2 atom stereocenters. The first-order valence-electron chi connectivity index (χ1n) is 10.4.